The number of pyridine rings is 1. The molecule has 0 saturated heterocycles. The SMILES string of the molecule is COc1cccc(OC)c1C(=O)NC(=O)Nc1ccc(Sc2cc(Cl)cc(Cl)c2)cn1. The molecule has 0 unspecified atom stereocenters. The molecule has 1 aromatic heterocycles. The molecule has 3 aromatic rings. The van der Waals surface area contributed by atoms with Crippen LogP contribution in [0.5, 0.6) is 11.5 Å². The Labute approximate surface area is 193 Å². The number of hydrogen-bond donors (Lipinski definition) is 2. The number of benzene rings is 2. The summed E-state index contributed by atoms with van der Waals surface area (Å²) in [5, 5.41) is 5.82. The van der Waals surface area contributed by atoms with E-state index in [0.29, 0.717) is 10.0 Å². The van der Waals surface area contributed by atoms with E-state index in [0.717, 1.165) is 9.79 Å². The van der Waals surface area contributed by atoms with E-state index >= 15 is 0 Å². The molecule has 0 radical (unpaired) electrons. The molecular weight excluding hydrogens is 461 g/mol. The predicted molar refractivity (Wildman–Crippen MR) is 121 cm³/mol. The van der Waals surface area contributed by atoms with E-state index in [1.54, 1.807) is 54.7 Å². The number of nitrogens with one attached hydrogen (secondary N) is 2. The van der Waals surface area contributed by atoms with Gasteiger partial charge in [0.1, 0.15) is 22.9 Å². The number of nitrogens with zero attached hydrogens (tertiary/aromatic N) is 1. The maximum Gasteiger partial charge on any atom is 0.327 e. The molecule has 0 saturated carbocycles. The van der Waals surface area contributed by atoms with Crippen molar-refractivity contribution < 1.29 is 19.1 Å². The summed E-state index contributed by atoms with van der Waals surface area (Å²) in [7, 11) is 2.85. The molecule has 0 aliphatic rings. The van der Waals surface area contributed by atoms with Crippen LogP contribution in [-0.2, 0) is 0 Å². The maximum absolute atomic E-state index is 12.5. The van der Waals surface area contributed by atoms with Gasteiger partial charge in [-0.05, 0) is 42.5 Å². The highest BCUT2D eigenvalue weighted by atomic mass is 35.5. The molecule has 2 N–H and O–H groups in total. The van der Waals surface area contributed by atoms with E-state index in [4.69, 9.17) is 32.7 Å². The number of halogens is 2. The monoisotopic (exact) mass is 477 g/mol. The second kappa shape index (κ2) is 10.4. The van der Waals surface area contributed by atoms with Crippen LogP contribution in [0.3, 0.4) is 0 Å². The third kappa shape index (κ3) is 6.04. The minimum atomic E-state index is -0.743. The molecule has 0 aliphatic heterocycles. The van der Waals surface area contributed by atoms with Crippen molar-refractivity contribution in [2.45, 2.75) is 9.79 Å². The number of carbonyl (C=O) groups is 2. The van der Waals surface area contributed by atoms with Crippen molar-refractivity contribution in [1.82, 2.24) is 10.3 Å². The number of aromatic nitrogens is 1. The van der Waals surface area contributed by atoms with E-state index in [9.17, 15) is 9.59 Å². The van der Waals surface area contributed by atoms with Crippen molar-refractivity contribution in [3.05, 3.63) is 70.3 Å². The molecule has 0 atom stereocenters. The fourth-order valence-corrected chi connectivity index (χ4v) is 4.17. The lowest BCUT2D eigenvalue weighted by molar-refractivity contribution is 0.0961. The first-order chi connectivity index (χ1) is 14.9. The molecule has 0 fully saturated rings. The summed E-state index contributed by atoms with van der Waals surface area (Å²) in [5.41, 5.74) is 0.113. The average molecular weight is 478 g/mol. The summed E-state index contributed by atoms with van der Waals surface area (Å²) in [4.78, 5) is 30.6. The molecular formula is C21H17Cl2N3O4S. The highest BCUT2D eigenvalue weighted by Gasteiger charge is 2.20. The second-order valence-corrected chi connectivity index (χ2v) is 8.05. The lowest BCUT2D eigenvalue weighted by Crippen LogP contribution is -2.35. The topological polar surface area (TPSA) is 89.5 Å². The summed E-state index contributed by atoms with van der Waals surface area (Å²) in [6.07, 6.45) is 1.58. The maximum atomic E-state index is 12.5. The highest BCUT2D eigenvalue weighted by Crippen LogP contribution is 2.32. The van der Waals surface area contributed by atoms with Gasteiger partial charge in [-0.1, -0.05) is 41.0 Å². The van der Waals surface area contributed by atoms with Crippen LogP contribution in [0.1, 0.15) is 10.4 Å². The van der Waals surface area contributed by atoms with Crippen LogP contribution in [0, 0.1) is 0 Å². The van der Waals surface area contributed by atoms with Crippen LogP contribution in [0.15, 0.2) is 64.5 Å². The molecule has 10 heteroatoms. The third-order valence-corrected chi connectivity index (χ3v) is 5.32. The zero-order valence-corrected chi connectivity index (χ0v) is 18.8. The standard InChI is InChI=1S/C21H17Cl2N3O4S/c1-29-16-4-3-5-17(30-2)19(16)20(27)26-21(28)25-18-7-6-14(11-24-18)31-15-9-12(22)8-13(23)10-15/h3-11H,1-2H3,(H2,24,25,26,27,28). The summed E-state index contributed by atoms with van der Waals surface area (Å²) in [6, 6.07) is 12.7. The minimum absolute atomic E-state index is 0.113. The summed E-state index contributed by atoms with van der Waals surface area (Å²) in [5.74, 6) is 0.165. The van der Waals surface area contributed by atoms with E-state index in [1.165, 1.54) is 26.0 Å². The van der Waals surface area contributed by atoms with Crippen LogP contribution in [0.2, 0.25) is 10.0 Å². The first kappa shape index (κ1) is 22.7. The number of hydrogen-bond acceptors (Lipinski definition) is 6. The molecule has 31 heavy (non-hydrogen) atoms. The van der Waals surface area contributed by atoms with Gasteiger partial charge in [-0.25, -0.2) is 9.78 Å². The lowest BCUT2D eigenvalue weighted by Gasteiger charge is -2.12. The number of anilines is 1. The van der Waals surface area contributed by atoms with Gasteiger partial charge >= 0.3 is 6.03 Å². The van der Waals surface area contributed by atoms with Crippen LogP contribution in [0.25, 0.3) is 0 Å². The number of rotatable bonds is 6. The largest absolute Gasteiger partial charge is 0.496 e. The first-order valence-corrected chi connectivity index (χ1v) is 10.4. The lowest BCUT2D eigenvalue weighted by atomic mass is 10.1. The van der Waals surface area contributed by atoms with Gasteiger partial charge < -0.3 is 9.47 Å². The van der Waals surface area contributed by atoms with Crippen LogP contribution >= 0.6 is 35.0 Å². The molecule has 0 aliphatic carbocycles. The summed E-state index contributed by atoms with van der Waals surface area (Å²) >= 11 is 13.4. The van der Waals surface area contributed by atoms with Crippen LogP contribution in [0.4, 0.5) is 10.6 Å². The number of urea groups is 1. The molecule has 0 bridgehead atoms. The summed E-state index contributed by atoms with van der Waals surface area (Å²) in [6.45, 7) is 0. The highest BCUT2D eigenvalue weighted by molar-refractivity contribution is 7.99. The summed E-state index contributed by atoms with van der Waals surface area (Å²) < 4.78 is 10.4. The van der Waals surface area contributed by atoms with Gasteiger partial charge in [-0.3, -0.25) is 15.4 Å². The first-order valence-electron chi connectivity index (χ1n) is 8.83. The molecule has 1 heterocycles. The van der Waals surface area contributed by atoms with Crippen molar-refractivity contribution in [2.24, 2.45) is 0 Å². The average Bonchev–Trinajstić information content (AvgIpc) is 2.73. The second-order valence-electron chi connectivity index (χ2n) is 6.03. The van der Waals surface area contributed by atoms with Gasteiger partial charge in [-0.2, -0.15) is 0 Å². The van der Waals surface area contributed by atoms with Crippen molar-refractivity contribution in [2.75, 3.05) is 19.5 Å². The number of ether oxygens (including phenoxy) is 2. The molecule has 3 rings (SSSR count). The van der Waals surface area contributed by atoms with Crippen molar-refractivity contribution in [3.63, 3.8) is 0 Å². The number of amides is 3. The molecule has 0 spiro atoms. The van der Waals surface area contributed by atoms with Crippen molar-refractivity contribution in [3.8, 4) is 11.5 Å². The van der Waals surface area contributed by atoms with Crippen molar-refractivity contribution >= 4 is 52.7 Å². The quantitative estimate of drug-likeness (QED) is 0.485. The Bertz CT molecular complexity index is 1070. The smallest absolute Gasteiger partial charge is 0.327 e. The van der Waals surface area contributed by atoms with Gasteiger partial charge in [0.05, 0.1) is 14.2 Å². The Kier molecular flexibility index (Phi) is 7.62. The molecule has 7 nitrogen and oxygen atoms in total. The van der Waals surface area contributed by atoms with Crippen LogP contribution < -0.4 is 20.1 Å². The van der Waals surface area contributed by atoms with E-state index in [1.807, 2.05) is 0 Å². The van der Waals surface area contributed by atoms with E-state index in [-0.39, 0.29) is 22.9 Å². The Hall–Kier alpha value is -2.94. The Morgan fingerprint density at radius 3 is 2.13 bits per heavy atom. The van der Waals surface area contributed by atoms with E-state index in [2.05, 4.69) is 15.6 Å². The fourth-order valence-electron chi connectivity index (χ4n) is 2.63. The number of imide groups is 1. The zero-order chi connectivity index (χ0) is 22.4. The van der Waals surface area contributed by atoms with Gasteiger partial charge in [0.15, 0.2) is 0 Å². The molecule has 2 aromatic carbocycles. The van der Waals surface area contributed by atoms with E-state index < -0.39 is 11.9 Å². The normalized spacial score (nSPS) is 10.3. The third-order valence-electron chi connectivity index (χ3n) is 3.93. The predicted octanol–water partition coefficient (Wildman–Crippen LogP) is 5.52. The Morgan fingerprint density at radius 1 is 0.935 bits per heavy atom. The number of methoxy groups -OCH3 is 2. The van der Waals surface area contributed by atoms with Gasteiger partial charge in [0.25, 0.3) is 5.91 Å². The Balaban J connectivity index is 1.64. The molecule has 3 amide bonds. The minimum Gasteiger partial charge on any atom is -0.496 e. The van der Waals surface area contributed by atoms with Gasteiger partial charge in [0.2, 0.25) is 0 Å². The fraction of sp³-hybridized carbons (Fsp3) is 0.0952. The van der Waals surface area contributed by atoms with Gasteiger partial charge in [-0.15, -0.1) is 0 Å². The number of carbonyl (C=O) groups excluding carboxylic acids is 2. The molecule has 160 valence electrons. The Morgan fingerprint density at radius 2 is 1.58 bits per heavy atom. The van der Waals surface area contributed by atoms with Gasteiger partial charge in [0, 0.05) is 26.0 Å². The van der Waals surface area contributed by atoms with Crippen LogP contribution in [-0.4, -0.2) is 31.1 Å². The van der Waals surface area contributed by atoms with Crippen molar-refractivity contribution in [1.29, 1.82) is 0 Å². The zero-order valence-electron chi connectivity index (χ0n) is 16.4.